The summed E-state index contributed by atoms with van der Waals surface area (Å²) < 4.78 is 2.47. The van der Waals surface area contributed by atoms with Gasteiger partial charge in [0.25, 0.3) is 0 Å². The van der Waals surface area contributed by atoms with E-state index in [0.29, 0.717) is 0 Å². The first-order valence-corrected chi connectivity index (χ1v) is 17.9. The molecule has 1 heterocycles. The Morgan fingerprint density at radius 3 is 1.83 bits per heavy atom. The van der Waals surface area contributed by atoms with Crippen LogP contribution in [0.1, 0.15) is 0 Å². The zero-order chi connectivity index (χ0) is 34.4. The summed E-state index contributed by atoms with van der Waals surface area (Å²) in [5, 5.41) is 7.34. The van der Waals surface area contributed by atoms with Gasteiger partial charge < -0.3 is 9.47 Å². The predicted octanol–water partition coefficient (Wildman–Crippen LogP) is 13.9. The summed E-state index contributed by atoms with van der Waals surface area (Å²) in [6.45, 7) is 0. The molecule has 0 aliphatic heterocycles. The number of aromatic nitrogens is 1. The van der Waals surface area contributed by atoms with E-state index in [1.54, 1.807) is 0 Å². The van der Waals surface area contributed by atoms with Crippen LogP contribution in [0, 0.1) is 0 Å². The Hall–Kier alpha value is -6.90. The number of nitrogens with zero attached hydrogens (tertiary/aromatic N) is 2. The SMILES string of the molecule is c1ccc(-c2ccccc2N(c2ccc3ccccc3c2)c2cccc3c2c2ccccc2n3-c2ccccc2-c2cccc3ccccc23)cc1. The van der Waals surface area contributed by atoms with Crippen LogP contribution < -0.4 is 4.90 Å². The van der Waals surface area contributed by atoms with E-state index in [4.69, 9.17) is 0 Å². The van der Waals surface area contributed by atoms with Gasteiger partial charge in [0.1, 0.15) is 0 Å². The summed E-state index contributed by atoms with van der Waals surface area (Å²) in [4.78, 5) is 2.46. The normalized spacial score (nSPS) is 11.5. The van der Waals surface area contributed by atoms with Crippen molar-refractivity contribution in [2.75, 3.05) is 4.90 Å². The minimum atomic E-state index is 1.11. The summed E-state index contributed by atoms with van der Waals surface area (Å²) in [7, 11) is 0. The fourth-order valence-electron chi connectivity index (χ4n) is 8.06. The maximum Gasteiger partial charge on any atom is 0.0562 e. The summed E-state index contributed by atoms with van der Waals surface area (Å²) in [6.07, 6.45) is 0. The van der Waals surface area contributed by atoms with Crippen LogP contribution in [0.25, 0.3) is 71.3 Å². The molecule has 0 radical (unpaired) electrons. The first kappa shape index (κ1) is 30.0. The molecule has 0 unspecified atom stereocenters. The highest BCUT2D eigenvalue weighted by Crippen LogP contribution is 2.47. The van der Waals surface area contributed by atoms with E-state index in [-0.39, 0.29) is 0 Å². The molecule has 244 valence electrons. The summed E-state index contributed by atoms with van der Waals surface area (Å²) in [6, 6.07) is 74.7. The summed E-state index contributed by atoms with van der Waals surface area (Å²) in [5.41, 5.74) is 11.7. The van der Waals surface area contributed by atoms with Gasteiger partial charge in [0.15, 0.2) is 0 Å². The van der Waals surface area contributed by atoms with Crippen LogP contribution in [0.15, 0.2) is 206 Å². The minimum Gasteiger partial charge on any atom is -0.309 e. The molecule has 2 nitrogen and oxygen atoms in total. The number of hydrogen-bond donors (Lipinski definition) is 0. The molecule has 2 heteroatoms. The molecule has 1 aromatic heterocycles. The topological polar surface area (TPSA) is 8.17 Å². The van der Waals surface area contributed by atoms with Gasteiger partial charge >= 0.3 is 0 Å². The van der Waals surface area contributed by atoms with Crippen molar-refractivity contribution in [3.05, 3.63) is 206 Å². The van der Waals surface area contributed by atoms with Crippen LogP contribution in [0.4, 0.5) is 17.1 Å². The fraction of sp³-hybridized carbons (Fsp3) is 0. The van der Waals surface area contributed by atoms with Gasteiger partial charge in [-0.15, -0.1) is 0 Å². The number of hydrogen-bond acceptors (Lipinski definition) is 1. The van der Waals surface area contributed by atoms with Crippen molar-refractivity contribution in [3.8, 4) is 27.9 Å². The van der Waals surface area contributed by atoms with Crippen LogP contribution >= 0.6 is 0 Å². The Balaban J connectivity index is 1.29. The van der Waals surface area contributed by atoms with E-state index in [0.717, 1.165) is 28.3 Å². The van der Waals surface area contributed by atoms with Gasteiger partial charge in [-0.1, -0.05) is 164 Å². The smallest absolute Gasteiger partial charge is 0.0562 e. The molecule has 0 saturated carbocycles. The van der Waals surface area contributed by atoms with Crippen molar-refractivity contribution in [2.45, 2.75) is 0 Å². The number of benzene rings is 9. The molecule has 0 atom stereocenters. The molecule has 9 aromatic carbocycles. The van der Waals surface area contributed by atoms with Crippen molar-refractivity contribution in [2.24, 2.45) is 0 Å². The monoisotopic (exact) mass is 662 g/mol. The number of rotatable bonds is 6. The molecule has 0 saturated heterocycles. The molecule has 0 N–H and O–H groups in total. The van der Waals surface area contributed by atoms with E-state index in [1.807, 2.05) is 0 Å². The second kappa shape index (κ2) is 12.5. The lowest BCUT2D eigenvalue weighted by Crippen LogP contribution is -2.11. The predicted molar refractivity (Wildman–Crippen MR) is 221 cm³/mol. The Morgan fingerprint density at radius 1 is 0.346 bits per heavy atom. The van der Waals surface area contributed by atoms with Gasteiger partial charge in [-0.2, -0.15) is 0 Å². The van der Waals surface area contributed by atoms with Crippen molar-refractivity contribution < 1.29 is 0 Å². The van der Waals surface area contributed by atoms with Crippen molar-refractivity contribution in [3.63, 3.8) is 0 Å². The van der Waals surface area contributed by atoms with Gasteiger partial charge in [0.2, 0.25) is 0 Å². The zero-order valence-corrected chi connectivity index (χ0v) is 28.5. The molecule has 10 rings (SSSR count). The van der Waals surface area contributed by atoms with Gasteiger partial charge in [0.05, 0.1) is 28.1 Å². The molecule has 0 amide bonds. The summed E-state index contributed by atoms with van der Waals surface area (Å²) in [5.74, 6) is 0. The largest absolute Gasteiger partial charge is 0.309 e. The quantitative estimate of drug-likeness (QED) is 0.172. The molecule has 10 aromatic rings. The van der Waals surface area contributed by atoms with Crippen LogP contribution in [0.3, 0.4) is 0 Å². The third-order valence-electron chi connectivity index (χ3n) is 10.4. The fourth-order valence-corrected chi connectivity index (χ4v) is 8.06. The molecular formula is C50H34N2. The second-order valence-corrected chi connectivity index (χ2v) is 13.3. The van der Waals surface area contributed by atoms with Crippen LogP contribution in [-0.4, -0.2) is 4.57 Å². The van der Waals surface area contributed by atoms with Crippen molar-refractivity contribution in [1.82, 2.24) is 4.57 Å². The van der Waals surface area contributed by atoms with Crippen molar-refractivity contribution >= 4 is 60.4 Å². The third kappa shape index (κ3) is 4.88. The first-order valence-electron chi connectivity index (χ1n) is 17.9. The van der Waals surface area contributed by atoms with Gasteiger partial charge in [-0.25, -0.2) is 0 Å². The lowest BCUT2D eigenvalue weighted by Gasteiger charge is -2.29. The Morgan fingerprint density at radius 2 is 0.942 bits per heavy atom. The molecular weight excluding hydrogens is 629 g/mol. The van der Waals surface area contributed by atoms with E-state index >= 15 is 0 Å². The average Bonchev–Trinajstić information content (AvgIpc) is 3.56. The molecule has 0 bridgehead atoms. The lowest BCUT2D eigenvalue weighted by molar-refractivity contribution is 1.18. The van der Waals surface area contributed by atoms with Gasteiger partial charge in [0, 0.05) is 27.6 Å². The highest BCUT2D eigenvalue weighted by Gasteiger charge is 2.24. The zero-order valence-electron chi connectivity index (χ0n) is 28.5. The van der Waals surface area contributed by atoms with Crippen LogP contribution in [-0.2, 0) is 0 Å². The standard InChI is InChI=1S/C50H34N2/c1-2-17-37(18-3-1)41-23-8-11-27-45(41)51(39-33-32-35-16-4-5-20-38(35)34-39)48-30-15-31-49-50(48)44-25-10-13-29-47(44)52(49)46-28-12-9-24-43(46)42-26-14-21-36-19-6-7-22-40(36)42/h1-34H. The molecule has 52 heavy (non-hydrogen) atoms. The van der Waals surface area contributed by atoms with E-state index in [9.17, 15) is 0 Å². The van der Waals surface area contributed by atoms with Crippen LogP contribution in [0.5, 0.6) is 0 Å². The van der Waals surface area contributed by atoms with Crippen molar-refractivity contribution in [1.29, 1.82) is 0 Å². The molecule has 0 spiro atoms. The van der Waals surface area contributed by atoms with Gasteiger partial charge in [-0.05, 0) is 75.1 Å². The molecule has 0 aliphatic rings. The maximum atomic E-state index is 2.47. The highest BCUT2D eigenvalue weighted by atomic mass is 15.2. The Bertz CT molecular complexity index is 2910. The number of fused-ring (bicyclic) bond motifs is 5. The Labute approximate surface area is 303 Å². The third-order valence-corrected chi connectivity index (χ3v) is 10.4. The van der Waals surface area contributed by atoms with Crippen LogP contribution in [0.2, 0.25) is 0 Å². The molecule has 0 fully saturated rings. The van der Waals surface area contributed by atoms with Gasteiger partial charge in [-0.3, -0.25) is 0 Å². The average molecular weight is 663 g/mol. The maximum absolute atomic E-state index is 2.47. The second-order valence-electron chi connectivity index (χ2n) is 13.3. The van der Waals surface area contributed by atoms with E-state index in [2.05, 4.69) is 216 Å². The lowest BCUT2D eigenvalue weighted by atomic mass is 9.97. The van der Waals surface area contributed by atoms with E-state index in [1.165, 1.54) is 60.1 Å². The number of para-hydroxylation sites is 3. The number of anilines is 3. The Kier molecular flexibility index (Phi) is 7.18. The minimum absolute atomic E-state index is 1.11. The molecule has 0 aliphatic carbocycles. The summed E-state index contributed by atoms with van der Waals surface area (Å²) >= 11 is 0. The highest BCUT2D eigenvalue weighted by molar-refractivity contribution is 6.17. The first-order chi connectivity index (χ1) is 25.8. The van der Waals surface area contributed by atoms with E-state index < -0.39 is 0 Å².